The van der Waals surface area contributed by atoms with Crippen LogP contribution in [0.5, 0.6) is 5.75 Å². The minimum Gasteiger partial charge on any atom is -0.495 e. The number of anilines is 1. The molecular weight excluding hydrogens is 382 g/mol. The number of hydrogen-bond acceptors (Lipinski definition) is 5. The highest BCUT2D eigenvalue weighted by Gasteiger charge is 2.21. The van der Waals surface area contributed by atoms with Gasteiger partial charge in [-0.1, -0.05) is 26.0 Å². The molecule has 0 saturated carbocycles. The third-order valence-electron chi connectivity index (χ3n) is 5.04. The Morgan fingerprint density at radius 1 is 1.13 bits per heavy atom. The van der Waals surface area contributed by atoms with E-state index in [1.165, 1.54) is 19.6 Å². The molecule has 30 heavy (non-hydrogen) atoms. The number of carbonyl (C=O) groups excluding carboxylic acids is 2. The van der Waals surface area contributed by atoms with Crippen molar-refractivity contribution in [1.29, 1.82) is 0 Å². The summed E-state index contributed by atoms with van der Waals surface area (Å²) < 4.78 is 16.2. The zero-order chi connectivity index (χ0) is 21.8. The highest BCUT2D eigenvalue weighted by Crippen LogP contribution is 2.29. The number of para-hydroxylation sites is 2. The van der Waals surface area contributed by atoms with Crippen LogP contribution in [0, 0.1) is 6.92 Å². The monoisotopic (exact) mass is 409 g/mol. The van der Waals surface area contributed by atoms with E-state index in [-0.39, 0.29) is 6.42 Å². The second-order valence-corrected chi connectivity index (χ2v) is 7.62. The third kappa shape index (κ3) is 4.64. The standard InChI is InChI=1S/C24H27NO5/c1-14(2)18-12-19-17(13-29-22(19)10-15(18)3)11-23(26)30-16(4)24(27)25-20-8-6-7-9-21(20)28-5/h6-10,12-14,16H,11H2,1-5H3,(H,25,27). The van der Waals surface area contributed by atoms with Crippen molar-refractivity contribution < 1.29 is 23.5 Å². The number of nitrogens with one attached hydrogen (secondary N) is 1. The van der Waals surface area contributed by atoms with Crippen LogP contribution in [0.25, 0.3) is 11.0 Å². The average molecular weight is 409 g/mol. The molecule has 3 rings (SSSR count). The number of fused-ring (bicyclic) bond motifs is 1. The van der Waals surface area contributed by atoms with Crippen molar-refractivity contribution in [2.75, 3.05) is 12.4 Å². The summed E-state index contributed by atoms with van der Waals surface area (Å²) in [5.74, 6) is -0.0250. The lowest BCUT2D eigenvalue weighted by atomic mass is 9.95. The van der Waals surface area contributed by atoms with Gasteiger partial charge in [0.25, 0.3) is 5.91 Å². The minimum atomic E-state index is -0.950. The van der Waals surface area contributed by atoms with E-state index in [0.29, 0.717) is 17.4 Å². The molecule has 6 nitrogen and oxygen atoms in total. The molecule has 158 valence electrons. The lowest BCUT2D eigenvalue weighted by Gasteiger charge is -2.15. The van der Waals surface area contributed by atoms with Crippen molar-refractivity contribution in [3.63, 3.8) is 0 Å². The largest absolute Gasteiger partial charge is 0.495 e. The quantitative estimate of drug-likeness (QED) is 0.557. The Balaban J connectivity index is 1.68. The first-order valence-corrected chi connectivity index (χ1v) is 9.94. The van der Waals surface area contributed by atoms with Crippen LogP contribution >= 0.6 is 0 Å². The molecule has 2 aromatic carbocycles. The number of aryl methyl sites for hydroxylation is 1. The number of hydrogen-bond donors (Lipinski definition) is 1. The summed E-state index contributed by atoms with van der Waals surface area (Å²) in [5.41, 5.74) is 4.37. The van der Waals surface area contributed by atoms with Gasteiger partial charge in [0.1, 0.15) is 11.3 Å². The first kappa shape index (κ1) is 21.4. The molecule has 1 atom stereocenters. The first-order chi connectivity index (χ1) is 14.3. The van der Waals surface area contributed by atoms with Crippen molar-refractivity contribution in [3.8, 4) is 5.75 Å². The molecule has 0 radical (unpaired) electrons. The molecule has 3 aromatic rings. The number of ether oxygens (including phenoxy) is 2. The molecule has 6 heteroatoms. The van der Waals surface area contributed by atoms with Gasteiger partial charge in [0.05, 0.1) is 25.5 Å². The second-order valence-electron chi connectivity index (χ2n) is 7.62. The van der Waals surface area contributed by atoms with Gasteiger partial charge in [0.15, 0.2) is 6.10 Å². The van der Waals surface area contributed by atoms with Crippen molar-refractivity contribution in [2.45, 2.75) is 46.1 Å². The zero-order valence-corrected chi connectivity index (χ0v) is 17.9. The summed E-state index contributed by atoms with van der Waals surface area (Å²) in [7, 11) is 1.52. The predicted molar refractivity (Wildman–Crippen MR) is 116 cm³/mol. The van der Waals surface area contributed by atoms with Crippen LogP contribution < -0.4 is 10.1 Å². The van der Waals surface area contributed by atoms with Crippen molar-refractivity contribution >= 4 is 28.5 Å². The average Bonchev–Trinajstić information content (AvgIpc) is 3.08. The van der Waals surface area contributed by atoms with Crippen LogP contribution in [-0.4, -0.2) is 25.1 Å². The van der Waals surface area contributed by atoms with Gasteiger partial charge < -0.3 is 19.2 Å². The highest BCUT2D eigenvalue weighted by atomic mass is 16.5. The van der Waals surface area contributed by atoms with E-state index in [9.17, 15) is 9.59 Å². The molecule has 0 saturated heterocycles. The van der Waals surface area contributed by atoms with E-state index in [2.05, 4.69) is 25.2 Å². The number of carbonyl (C=O) groups is 2. The number of esters is 1. The second kappa shape index (κ2) is 9.03. The number of amides is 1. The van der Waals surface area contributed by atoms with Crippen LogP contribution in [0.15, 0.2) is 47.1 Å². The maximum atomic E-state index is 12.5. The fraction of sp³-hybridized carbons (Fsp3) is 0.333. The molecule has 1 heterocycles. The Bertz CT molecular complexity index is 1070. The molecule has 0 aliphatic carbocycles. The summed E-state index contributed by atoms with van der Waals surface area (Å²) in [6.07, 6.45) is 0.656. The molecule has 0 bridgehead atoms. The smallest absolute Gasteiger partial charge is 0.311 e. The lowest BCUT2D eigenvalue weighted by Crippen LogP contribution is -2.30. The molecule has 0 fully saturated rings. The maximum Gasteiger partial charge on any atom is 0.311 e. The van der Waals surface area contributed by atoms with Gasteiger partial charge in [-0.2, -0.15) is 0 Å². The zero-order valence-electron chi connectivity index (χ0n) is 17.9. The maximum absolute atomic E-state index is 12.5. The van der Waals surface area contributed by atoms with Crippen molar-refractivity contribution in [2.24, 2.45) is 0 Å². The van der Waals surface area contributed by atoms with E-state index < -0.39 is 18.0 Å². The summed E-state index contributed by atoms with van der Waals surface area (Å²) in [5, 5.41) is 3.62. The van der Waals surface area contributed by atoms with Crippen LogP contribution in [-0.2, 0) is 20.7 Å². The Morgan fingerprint density at radius 3 is 2.57 bits per heavy atom. The molecule has 1 aromatic heterocycles. The molecule has 0 spiro atoms. The van der Waals surface area contributed by atoms with Crippen LogP contribution in [0.3, 0.4) is 0 Å². The van der Waals surface area contributed by atoms with Gasteiger partial charge in [-0.05, 0) is 55.2 Å². The molecular formula is C24H27NO5. The Kier molecular flexibility index (Phi) is 6.45. The topological polar surface area (TPSA) is 77.8 Å². The van der Waals surface area contributed by atoms with Crippen LogP contribution in [0.2, 0.25) is 0 Å². The summed E-state index contributed by atoms with van der Waals surface area (Å²) in [4.78, 5) is 24.9. The SMILES string of the molecule is COc1ccccc1NC(=O)C(C)OC(=O)Cc1coc2cc(C)c(C(C)C)cc12. The molecule has 1 unspecified atom stereocenters. The van der Waals surface area contributed by atoms with E-state index in [0.717, 1.165) is 22.1 Å². The Labute approximate surface area is 176 Å². The Morgan fingerprint density at radius 2 is 1.87 bits per heavy atom. The molecule has 1 N–H and O–H groups in total. The van der Waals surface area contributed by atoms with Crippen LogP contribution in [0.1, 0.15) is 43.4 Å². The normalized spacial score (nSPS) is 12.1. The molecule has 1 amide bonds. The molecule has 0 aliphatic heterocycles. The summed E-state index contributed by atoms with van der Waals surface area (Å²) >= 11 is 0. The van der Waals surface area contributed by atoms with Gasteiger partial charge in [0, 0.05) is 10.9 Å². The number of rotatable bonds is 7. The Hall–Kier alpha value is -3.28. The lowest BCUT2D eigenvalue weighted by molar-refractivity contribution is -0.152. The van der Waals surface area contributed by atoms with Crippen molar-refractivity contribution in [1.82, 2.24) is 0 Å². The van der Waals surface area contributed by atoms with Gasteiger partial charge in [-0.25, -0.2) is 0 Å². The van der Waals surface area contributed by atoms with Gasteiger partial charge in [-0.15, -0.1) is 0 Å². The summed E-state index contributed by atoms with van der Waals surface area (Å²) in [6, 6.07) is 11.1. The van der Waals surface area contributed by atoms with Crippen molar-refractivity contribution in [3.05, 3.63) is 59.4 Å². The number of furan rings is 1. The first-order valence-electron chi connectivity index (χ1n) is 9.94. The highest BCUT2D eigenvalue weighted by molar-refractivity contribution is 5.96. The predicted octanol–water partition coefficient (Wildman–Crippen LogP) is 4.99. The van der Waals surface area contributed by atoms with Gasteiger partial charge >= 0.3 is 5.97 Å². The fourth-order valence-corrected chi connectivity index (χ4v) is 3.43. The van der Waals surface area contributed by atoms with E-state index in [1.54, 1.807) is 30.5 Å². The summed E-state index contributed by atoms with van der Waals surface area (Å²) in [6.45, 7) is 7.85. The van der Waals surface area contributed by atoms with Gasteiger partial charge in [-0.3, -0.25) is 9.59 Å². The minimum absolute atomic E-state index is 0.0277. The van der Waals surface area contributed by atoms with E-state index in [4.69, 9.17) is 13.9 Å². The van der Waals surface area contributed by atoms with E-state index in [1.807, 2.05) is 13.0 Å². The molecule has 0 aliphatic rings. The fourth-order valence-electron chi connectivity index (χ4n) is 3.43. The number of benzene rings is 2. The van der Waals surface area contributed by atoms with E-state index >= 15 is 0 Å². The van der Waals surface area contributed by atoms with Crippen LogP contribution in [0.4, 0.5) is 5.69 Å². The third-order valence-corrected chi connectivity index (χ3v) is 5.04. The van der Waals surface area contributed by atoms with Gasteiger partial charge in [0.2, 0.25) is 0 Å². The number of methoxy groups -OCH3 is 1.